The van der Waals surface area contributed by atoms with Gasteiger partial charge in [0, 0.05) is 44.8 Å². The molecular formula is C21H27F3N2O3. The number of piperidine rings is 1. The number of carbonyl (C=O) groups is 2. The molecule has 0 saturated carbocycles. The second-order valence-corrected chi connectivity index (χ2v) is 6.89. The van der Waals surface area contributed by atoms with Crippen molar-refractivity contribution in [3.05, 3.63) is 41.5 Å². The molecule has 1 fully saturated rings. The van der Waals surface area contributed by atoms with Gasteiger partial charge in [-0.05, 0) is 50.0 Å². The van der Waals surface area contributed by atoms with Gasteiger partial charge in [-0.3, -0.25) is 9.59 Å². The van der Waals surface area contributed by atoms with E-state index in [9.17, 15) is 22.8 Å². The van der Waals surface area contributed by atoms with Crippen LogP contribution in [0.4, 0.5) is 13.2 Å². The molecule has 1 N–H and O–H groups in total. The molecule has 0 bridgehead atoms. The van der Waals surface area contributed by atoms with Crippen molar-refractivity contribution in [3.8, 4) is 0 Å². The monoisotopic (exact) mass is 412 g/mol. The molecule has 0 spiro atoms. The molecule has 1 aromatic rings. The summed E-state index contributed by atoms with van der Waals surface area (Å²) in [4.78, 5) is 26.1. The molecule has 5 nitrogen and oxygen atoms in total. The number of hydrogen-bond donors (Lipinski definition) is 1. The summed E-state index contributed by atoms with van der Waals surface area (Å²) in [5, 5.41) is 2.90. The van der Waals surface area contributed by atoms with Gasteiger partial charge in [0.05, 0.1) is 5.56 Å². The van der Waals surface area contributed by atoms with Gasteiger partial charge in [-0.2, -0.15) is 13.2 Å². The highest BCUT2D eigenvalue weighted by atomic mass is 19.4. The van der Waals surface area contributed by atoms with Gasteiger partial charge in [-0.1, -0.05) is 12.1 Å². The lowest BCUT2D eigenvalue weighted by Gasteiger charge is -2.30. The molecule has 29 heavy (non-hydrogen) atoms. The molecule has 2 rings (SSSR count). The Morgan fingerprint density at radius 2 is 1.86 bits per heavy atom. The van der Waals surface area contributed by atoms with Crippen molar-refractivity contribution in [1.29, 1.82) is 0 Å². The van der Waals surface area contributed by atoms with Gasteiger partial charge in [0.15, 0.2) is 0 Å². The number of likely N-dealkylation sites (tertiary alicyclic amines) is 1. The number of nitrogens with zero attached hydrogens (tertiary/aromatic N) is 1. The number of halogens is 3. The first-order valence-electron chi connectivity index (χ1n) is 9.81. The van der Waals surface area contributed by atoms with Crippen LogP contribution in [0, 0.1) is 5.92 Å². The van der Waals surface area contributed by atoms with Gasteiger partial charge in [-0.25, -0.2) is 0 Å². The second-order valence-electron chi connectivity index (χ2n) is 6.89. The van der Waals surface area contributed by atoms with Crippen LogP contribution in [0.5, 0.6) is 0 Å². The van der Waals surface area contributed by atoms with Crippen LogP contribution in [0.1, 0.15) is 37.3 Å². The summed E-state index contributed by atoms with van der Waals surface area (Å²) >= 11 is 0. The van der Waals surface area contributed by atoms with E-state index < -0.39 is 11.7 Å². The van der Waals surface area contributed by atoms with Gasteiger partial charge in [0.25, 0.3) is 0 Å². The van der Waals surface area contributed by atoms with Crippen LogP contribution in [0.3, 0.4) is 0 Å². The summed E-state index contributed by atoms with van der Waals surface area (Å²) in [6, 6.07) is 4.63. The second kappa shape index (κ2) is 11.0. The maximum Gasteiger partial charge on any atom is 0.416 e. The Kier molecular flexibility index (Phi) is 8.70. The summed E-state index contributed by atoms with van der Waals surface area (Å²) in [5.41, 5.74) is -0.202. The zero-order chi connectivity index (χ0) is 21.3. The van der Waals surface area contributed by atoms with E-state index in [0.29, 0.717) is 51.3 Å². The quantitative estimate of drug-likeness (QED) is 0.525. The Hall–Kier alpha value is -2.35. The molecule has 0 radical (unpaired) electrons. The number of nitrogens with one attached hydrogen (secondary N) is 1. The third kappa shape index (κ3) is 7.53. The van der Waals surface area contributed by atoms with Crippen LogP contribution in [-0.4, -0.2) is 49.6 Å². The summed E-state index contributed by atoms with van der Waals surface area (Å²) in [7, 11) is 0. The first kappa shape index (κ1) is 22.9. The molecular weight excluding hydrogens is 385 g/mol. The lowest BCUT2D eigenvalue weighted by atomic mass is 9.96. The van der Waals surface area contributed by atoms with E-state index >= 15 is 0 Å². The van der Waals surface area contributed by atoms with E-state index in [1.54, 1.807) is 4.90 Å². The zero-order valence-electron chi connectivity index (χ0n) is 16.5. The Bertz CT molecular complexity index is 694. The highest BCUT2D eigenvalue weighted by Gasteiger charge is 2.30. The van der Waals surface area contributed by atoms with Crippen molar-refractivity contribution in [3.63, 3.8) is 0 Å². The molecule has 0 atom stereocenters. The SMILES string of the molecule is CCOCCCNC(=O)C1CCN(C(=O)/C=C/c2ccc(C(F)(F)F)cc2)CC1. The van der Waals surface area contributed by atoms with Gasteiger partial charge < -0.3 is 15.0 Å². The van der Waals surface area contributed by atoms with E-state index in [4.69, 9.17) is 4.74 Å². The lowest BCUT2D eigenvalue weighted by molar-refractivity contribution is -0.137. The number of hydrogen-bond acceptors (Lipinski definition) is 3. The van der Waals surface area contributed by atoms with Gasteiger partial charge in [0.2, 0.25) is 11.8 Å². The van der Waals surface area contributed by atoms with E-state index in [0.717, 1.165) is 18.6 Å². The Balaban J connectivity index is 1.75. The number of carbonyl (C=O) groups excluding carboxylic acids is 2. The van der Waals surface area contributed by atoms with Crippen molar-refractivity contribution >= 4 is 17.9 Å². The van der Waals surface area contributed by atoms with Crippen molar-refractivity contribution in [1.82, 2.24) is 10.2 Å². The Morgan fingerprint density at radius 1 is 1.21 bits per heavy atom. The Morgan fingerprint density at radius 3 is 2.45 bits per heavy atom. The fourth-order valence-corrected chi connectivity index (χ4v) is 3.09. The number of amides is 2. The predicted molar refractivity (Wildman–Crippen MR) is 104 cm³/mol. The van der Waals surface area contributed by atoms with E-state index in [1.165, 1.54) is 24.3 Å². The molecule has 0 unspecified atom stereocenters. The van der Waals surface area contributed by atoms with Crippen molar-refractivity contribution in [2.45, 2.75) is 32.4 Å². The van der Waals surface area contributed by atoms with Crippen LogP contribution in [-0.2, 0) is 20.5 Å². The molecule has 1 aromatic carbocycles. The summed E-state index contributed by atoms with van der Waals surface area (Å²) in [6.45, 7) is 4.74. The van der Waals surface area contributed by atoms with Crippen molar-refractivity contribution in [2.24, 2.45) is 5.92 Å². The van der Waals surface area contributed by atoms with Crippen LogP contribution in [0.2, 0.25) is 0 Å². The minimum Gasteiger partial charge on any atom is -0.382 e. The summed E-state index contributed by atoms with van der Waals surface area (Å²) in [6.07, 6.45) is 0.439. The smallest absolute Gasteiger partial charge is 0.382 e. The molecule has 0 aromatic heterocycles. The minimum absolute atomic E-state index is 0.00824. The third-order valence-electron chi connectivity index (χ3n) is 4.80. The third-order valence-corrected chi connectivity index (χ3v) is 4.80. The fraction of sp³-hybridized carbons (Fsp3) is 0.524. The maximum atomic E-state index is 12.6. The highest BCUT2D eigenvalue weighted by Crippen LogP contribution is 2.29. The molecule has 1 heterocycles. The molecule has 1 saturated heterocycles. The average Bonchev–Trinajstić information content (AvgIpc) is 2.71. The number of rotatable bonds is 8. The van der Waals surface area contributed by atoms with Crippen LogP contribution >= 0.6 is 0 Å². The van der Waals surface area contributed by atoms with Crippen molar-refractivity contribution < 1.29 is 27.5 Å². The van der Waals surface area contributed by atoms with Crippen LogP contribution in [0.25, 0.3) is 6.08 Å². The van der Waals surface area contributed by atoms with Crippen LogP contribution in [0.15, 0.2) is 30.3 Å². The largest absolute Gasteiger partial charge is 0.416 e. The van der Waals surface area contributed by atoms with E-state index in [1.807, 2.05) is 6.92 Å². The first-order chi connectivity index (χ1) is 13.8. The lowest BCUT2D eigenvalue weighted by Crippen LogP contribution is -2.42. The van der Waals surface area contributed by atoms with Gasteiger partial charge in [0.1, 0.15) is 0 Å². The number of ether oxygens (including phenoxy) is 1. The van der Waals surface area contributed by atoms with Crippen molar-refractivity contribution in [2.75, 3.05) is 32.8 Å². The molecule has 0 aliphatic carbocycles. The average molecular weight is 412 g/mol. The van der Waals surface area contributed by atoms with Gasteiger partial charge >= 0.3 is 6.18 Å². The minimum atomic E-state index is -4.38. The van der Waals surface area contributed by atoms with E-state index in [2.05, 4.69) is 5.32 Å². The highest BCUT2D eigenvalue weighted by molar-refractivity contribution is 5.92. The number of benzene rings is 1. The predicted octanol–water partition coefficient (Wildman–Crippen LogP) is 3.50. The molecule has 8 heteroatoms. The fourth-order valence-electron chi connectivity index (χ4n) is 3.09. The van der Waals surface area contributed by atoms with E-state index in [-0.39, 0.29) is 17.7 Å². The zero-order valence-corrected chi connectivity index (χ0v) is 16.5. The molecule has 160 valence electrons. The molecule has 1 aliphatic heterocycles. The van der Waals surface area contributed by atoms with Crippen LogP contribution < -0.4 is 5.32 Å². The standard InChI is InChI=1S/C21H27F3N2O3/c1-2-29-15-3-12-25-20(28)17-10-13-26(14-11-17)19(27)9-6-16-4-7-18(8-5-16)21(22,23)24/h4-9,17H,2-3,10-15H2,1H3,(H,25,28)/b9-6+. The molecule has 2 amide bonds. The normalized spacial score (nSPS) is 15.7. The maximum absolute atomic E-state index is 12.6. The first-order valence-corrected chi connectivity index (χ1v) is 9.81. The summed E-state index contributed by atoms with van der Waals surface area (Å²) in [5.74, 6) is -0.306. The number of alkyl halides is 3. The summed E-state index contributed by atoms with van der Waals surface area (Å²) < 4.78 is 42.9. The molecule has 1 aliphatic rings. The Labute approximate surface area is 168 Å². The van der Waals surface area contributed by atoms with Gasteiger partial charge in [-0.15, -0.1) is 0 Å². The topological polar surface area (TPSA) is 58.6 Å².